The molecule has 3 saturated heterocycles. The van der Waals surface area contributed by atoms with Crippen LogP contribution in [0.1, 0.15) is 94.9 Å². The van der Waals surface area contributed by atoms with E-state index in [1.807, 2.05) is 25.9 Å². The van der Waals surface area contributed by atoms with Crippen LogP contribution in [0.5, 0.6) is 0 Å². The monoisotopic (exact) mass is 777 g/mol. The Kier molecular flexibility index (Phi) is 15.8. The summed E-state index contributed by atoms with van der Waals surface area (Å²) in [7, 11) is 6.79. The van der Waals surface area contributed by atoms with Crippen LogP contribution in [0, 0.1) is 17.8 Å². The van der Waals surface area contributed by atoms with E-state index < -0.39 is 102 Å². The molecule has 16 heteroatoms. The molecule has 0 aromatic heterocycles. The Morgan fingerprint density at radius 3 is 2.11 bits per heavy atom. The van der Waals surface area contributed by atoms with Crippen molar-refractivity contribution in [1.29, 1.82) is 0 Å². The van der Waals surface area contributed by atoms with Gasteiger partial charge in [-0.1, -0.05) is 25.9 Å². The second-order valence-electron chi connectivity index (χ2n) is 17.1. The molecule has 0 bridgehead atoms. The summed E-state index contributed by atoms with van der Waals surface area (Å²) in [5.41, 5.74) is -4.78. The lowest BCUT2D eigenvalue weighted by Gasteiger charge is -2.48. The molecule has 3 heterocycles. The first-order valence-corrected chi connectivity index (χ1v) is 19.4. The van der Waals surface area contributed by atoms with Crippen LogP contribution in [-0.2, 0) is 33.2 Å². The number of hydrogen-bond acceptors (Lipinski definition) is 15. The maximum absolute atomic E-state index is 14.2. The fourth-order valence-corrected chi connectivity index (χ4v) is 8.72. The summed E-state index contributed by atoms with van der Waals surface area (Å²) in [6.07, 6.45) is -9.56. The van der Waals surface area contributed by atoms with Crippen molar-refractivity contribution in [2.75, 3.05) is 28.3 Å². The lowest BCUT2D eigenvalue weighted by Crippen LogP contribution is -2.60. The normalized spacial score (nSPS) is 48.7. The molecule has 0 radical (unpaired) electrons. The molecular formula is C38H71N3O13. The maximum Gasteiger partial charge on any atom is 0.311 e. The number of carbonyl (C=O) groups excluding carboxylic acids is 1. The number of rotatable bonds is 7. The van der Waals surface area contributed by atoms with Gasteiger partial charge in [0.05, 0.1) is 47.6 Å². The molecule has 3 fully saturated rings. The van der Waals surface area contributed by atoms with Crippen molar-refractivity contribution >= 4 is 11.8 Å². The van der Waals surface area contributed by atoms with Crippen molar-refractivity contribution < 1.29 is 64.0 Å². The third-order valence-corrected chi connectivity index (χ3v) is 12.4. The van der Waals surface area contributed by atoms with Crippen LogP contribution in [0.15, 0.2) is 5.16 Å². The average Bonchev–Trinajstić information content (AvgIpc) is 3.09. The SMILES string of the molecule is CCC1OC(=O)[C@H](C)[C@@H](O[C@H]2C[C@@](C)(OC)[C@@H](O)[C@H](C)O2)[C@H](C)[C@@H](O[C@@H]2O[C@H](C)C[C@H](N(C)C)[C@H]2O)[C@](C)(O)C[C@@H](C)/C(=N/O)N(C)[C@H](C)[C@@H](O)[C@]1(C)O. The van der Waals surface area contributed by atoms with Crippen LogP contribution >= 0.6 is 0 Å². The quantitative estimate of drug-likeness (QED) is 0.123. The zero-order chi connectivity index (χ0) is 41.2. The Morgan fingerprint density at radius 1 is 0.963 bits per heavy atom. The number of oxime groups is 1. The highest BCUT2D eigenvalue weighted by atomic mass is 16.7. The Labute approximate surface area is 321 Å². The van der Waals surface area contributed by atoms with E-state index >= 15 is 0 Å². The Bertz CT molecular complexity index is 1250. The second-order valence-corrected chi connectivity index (χ2v) is 17.1. The predicted octanol–water partition coefficient (Wildman–Crippen LogP) is 1.69. The second kappa shape index (κ2) is 18.3. The number of aliphatic hydroxyl groups excluding tert-OH is 3. The molecule has 3 aliphatic rings. The molecule has 6 N–H and O–H groups in total. The van der Waals surface area contributed by atoms with Crippen molar-refractivity contribution in [1.82, 2.24) is 9.80 Å². The Hall–Kier alpha value is -1.70. The zero-order valence-corrected chi connectivity index (χ0v) is 34.9. The standard InChI is InChI=1S/C38H71N3O13/c1-15-26-38(10,47)30(43)23(6)41(13)33(39-48)19(2)17-36(8,46)32(54-35-28(42)25(40(11)12)16-20(3)50-35)21(4)29(22(5)34(45)52-26)53-27-18-37(9,49-14)31(44)24(7)51-27/h19-32,35,42-44,46-48H,15-18H2,1-14H3/b39-33-/t19-,20-,21+,22-,23-,24+,25+,26?,27+,28-,29+,30-,31+,32-,35+,36-,37-,38-/m1/s1. The molecule has 54 heavy (non-hydrogen) atoms. The number of esters is 1. The lowest BCUT2D eigenvalue weighted by atomic mass is 9.77. The van der Waals surface area contributed by atoms with Gasteiger partial charge in [-0.3, -0.25) is 4.79 Å². The van der Waals surface area contributed by atoms with Crippen LogP contribution in [0.4, 0.5) is 0 Å². The van der Waals surface area contributed by atoms with Gasteiger partial charge in [-0.15, -0.1) is 0 Å². The molecular weight excluding hydrogens is 706 g/mol. The summed E-state index contributed by atoms with van der Waals surface area (Å²) >= 11 is 0. The number of methoxy groups -OCH3 is 1. The van der Waals surface area contributed by atoms with E-state index in [1.165, 1.54) is 18.9 Å². The van der Waals surface area contributed by atoms with Gasteiger partial charge in [0.2, 0.25) is 0 Å². The van der Waals surface area contributed by atoms with Crippen molar-refractivity contribution in [2.45, 2.75) is 185 Å². The number of aliphatic hydroxyl groups is 5. The summed E-state index contributed by atoms with van der Waals surface area (Å²) in [5.74, 6) is -3.23. The van der Waals surface area contributed by atoms with Crippen LogP contribution in [0.25, 0.3) is 0 Å². The number of hydrogen-bond donors (Lipinski definition) is 6. The van der Waals surface area contributed by atoms with Crippen molar-refractivity contribution in [2.24, 2.45) is 22.9 Å². The highest BCUT2D eigenvalue weighted by Gasteiger charge is 2.53. The summed E-state index contributed by atoms with van der Waals surface area (Å²) in [4.78, 5) is 17.7. The summed E-state index contributed by atoms with van der Waals surface area (Å²) in [6.45, 7) is 16.7. The predicted molar refractivity (Wildman–Crippen MR) is 199 cm³/mol. The highest BCUT2D eigenvalue weighted by Crippen LogP contribution is 2.40. The van der Waals surface area contributed by atoms with Gasteiger partial charge in [0, 0.05) is 38.5 Å². The van der Waals surface area contributed by atoms with Gasteiger partial charge in [0.1, 0.15) is 35.9 Å². The van der Waals surface area contributed by atoms with Crippen LogP contribution in [-0.4, -0.2) is 171 Å². The molecule has 0 amide bonds. The number of likely N-dealkylation sites (N-methyl/N-ethyl adjacent to an activating group) is 2. The van der Waals surface area contributed by atoms with E-state index in [-0.39, 0.29) is 37.2 Å². The maximum atomic E-state index is 14.2. The van der Waals surface area contributed by atoms with Crippen molar-refractivity contribution in [3.8, 4) is 0 Å². The summed E-state index contributed by atoms with van der Waals surface area (Å²) < 4.78 is 37.4. The van der Waals surface area contributed by atoms with Gasteiger partial charge >= 0.3 is 5.97 Å². The van der Waals surface area contributed by atoms with E-state index in [9.17, 15) is 35.5 Å². The zero-order valence-electron chi connectivity index (χ0n) is 34.9. The van der Waals surface area contributed by atoms with Crippen LogP contribution < -0.4 is 0 Å². The number of cyclic esters (lactones) is 1. The molecule has 1 unspecified atom stereocenters. The van der Waals surface area contributed by atoms with E-state index in [2.05, 4.69) is 5.16 Å². The average molecular weight is 778 g/mol. The molecule has 3 rings (SSSR count). The minimum atomic E-state index is -1.95. The van der Waals surface area contributed by atoms with Gasteiger partial charge in [-0.05, 0) is 81.8 Å². The first-order valence-electron chi connectivity index (χ1n) is 19.4. The molecule has 316 valence electrons. The number of carbonyl (C=O) groups is 1. The van der Waals surface area contributed by atoms with E-state index in [0.717, 1.165) is 0 Å². The highest BCUT2D eigenvalue weighted by molar-refractivity contribution is 5.84. The largest absolute Gasteiger partial charge is 0.459 e. The van der Waals surface area contributed by atoms with Gasteiger partial charge < -0.3 is 69.0 Å². The van der Waals surface area contributed by atoms with E-state index in [1.54, 1.807) is 62.4 Å². The molecule has 16 nitrogen and oxygen atoms in total. The van der Waals surface area contributed by atoms with Crippen LogP contribution in [0.2, 0.25) is 0 Å². The molecule has 0 aliphatic carbocycles. The van der Waals surface area contributed by atoms with Crippen LogP contribution in [0.3, 0.4) is 0 Å². The first kappa shape index (κ1) is 46.7. The molecule has 0 spiro atoms. The van der Waals surface area contributed by atoms with Gasteiger partial charge in [0.25, 0.3) is 0 Å². The topological polar surface area (TPSA) is 213 Å². The van der Waals surface area contributed by atoms with Gasteiger partial charge in [0.15, 0.2) is 12.6 Å². The summed E-state index contributed by atoms with van der Waals surface area (Å²) in [6, 6.07) is -1.17. The molecule has 0 aromatic carbocycles. The molecule has 0 aromatic rings. The van der Waals surface area contributed by atoms with Crippen molar-refractivity contribution in [3.05, 3.63) is 0 Å². The third kappa shape index (κ3) is 9.87. The Morgan fingerprint density at radius 2 is 1.57 bits per heavy atom. The third-order valence-electron chi connectivity index (χ3n) is 12.4. The van der Waals surface area contributed by atoms with E-state index in [0.29, 0.717) is 6.42 Å². The fraction of sp³-hybridized carbons (Fsp3) is 0.947. The lowest BCUT2D eigenvalue weighted by molar-refractivity contribution is -0.317. The minimum absolute atomic E-state index is 0.0611. The summed E-state index contributed by atoms with van der Waals surface area (Å²) in [5, 5.41) is 72.3. The molecule has 0 saturated carbocycles. The van der Waals surface area contributed by atoms with Gasteiger partial charge in [-0.2, -0.15) is 0 Å². The Balaban J connectivity index is 2.24. The van der Waals surface area contributed by atoms with Gasteiger partial charge in [-0.25, -0.2) is 0 Å². The van der Waals surface area contributed by atoms with E-state index in [4.69, 9.17) is 28.4 Å². The number of ether oxygens (including phenoxy) is 6. The number of nitrogens with zero attached hydrogens (tertiary/aromatic N) is 3. The minimum Gasteiger partial charge on any atom is -0.459 e. The first-order chi connectivity index (χ1) is 24.9. The molecule has 3 aliphatic heterocycles. The smallest absolute Gasteiger partial charge is 0.311 e. The fourth-order valence-electron chi connectivity index (χ4n) is 8.72. The van der Waals surface area contributed by atoms with Crippen molar-refractivity contribution in [3.63, 3.8) is 0 Å². The number of amidine groups is 1. The molecule has 18 atom stereocenters.